The highest BCUT2D eigenvalue weighted by Crippen LogP contribution is 2.34. The van der Waals surface area contributed by atoms with Crippen LogP contribution in [0.2, 0.25) is 0 Å². The van der Waals surface area contributed by atoms with E-state index in [4.69, 9.17) is 4.84 Å². The van der Waals surface area contributed by atoms with Gasteiger partial charge in [-0.1, -0.05) is 13.0 Å². The molecule has 3 aromatic rings. The van der Waals surface area contributed by atoms with Gasteiger partial charge in [-0.2, -0.15) is 0 Å². The van der Waals surface area contributed by atoms with Crippen LogP contribution >= 0.6 is 0 Å². The molecule has 5 rings (SSSR count). The first-order valence-electron chi connectivity index (χ1n) is 10.5. The number of hydrogen-bond donors (Lipinski definition) is 3. The van der Waals surface area contributed by atoms with Crippen molar-refractivity contribution in [3.8, 4) is 5.88 Å². The molecule has 2 amide bonds. The summed E-state index contributed by atoms with van der Waals surface area (Å²) in [5, 5.41) is 2.59. The van der Waals surface area contributed by atoms with Gasteiger partial charge in [0.15, 0.2) is 5.78 Å². The molecule has 0 radical (unpaired) electrons. The fourth-order valence-corrected chi connectivity index (χ4v) is 4.27. The van der Waals surface area contributed by atoms with Gasteiger partial charge in [0.2, 0.25) is 5.88 Å². The lowest BCUT2D eigenvalue weighted by Gasteiger charge is -2.38. The van der Waals surface area contributed by atoms with Gasteiger partial charge in [-0.25, -0.2) is 9.97 Å². The highest BCUT2D eigenvalue weighted by molar-refractivity contribution is 6.39. The number of likely N-dealkylation sites (tertiary alicyclic amines) is 1. The Hall–Kier alpha value is -3.79. The summed E-state index contributed by atoms with van der Waals surface area (Å²) in [4.78, 5) is 56.2. The van der Waals surface area contributed by atoms with E-state index in [-0.39, 0.29) is 41.4 Å². The lowest BCUT2D eigenvalue weighted by Crippen LogP contribution is -2.46. The summed E-state index contributed by atoms with van der Waals surface area (Å²) in [5.41, 5.74) is 5.70. The zero-order valence-corrected chi connectivity index (χ0v) is 17.4. The summed E-state index contributed by atoms with van der Waals surface area (Å²) in [7, 11) is 0. The lowest BCUT2D eigenvalue weighted by atomic mass is 9.89. The van der Waals surface area contributed by atoms with Gasteiger partial charge >= 0.3 is 11.8 Å². The maximum absolute atomic E-state index is 13.2. The number of imidazole rings is 1. The molecule has 10 nitrogen and oxygen atoms in total. The number of fused-ring (bicyclic) bond motifs is 2. The summed E-state index contributed by atoms with van der Waals surface area (Å²) in [6.07, 6.45) is 4.71. The molecule has 2 aliphatic rings. The number of aromatic amines is 1. The predicted octanol–water partition coefficient (Wildman–Crippen LogP) is 1.98. The molecule has 1 aromatic carbocycles. The maximum atomic E-state index is 13.2. The number of H-pyrrole nitrogens is 1. The highest BCUT2D eigenvalue weighted by atomic mass is 16.7. The van der Waals surface area contributed by atoms with E-state index >= 15 is 0 Å². The molecule has 164 valence electrons. The summed E-state index contributed by atoms with van der Waals surface area (Å²) in [6.45, 7) is 2.57. The number of hydroxylamine groups is 1. The van der Waals surface area contributed by atoms with Gasteiger partial charge < -0.3 is 20.0 Å². The first-order valence-corrected chi connectivity index (χ1v) is 10.5. The van der Waals surface area contributed by atoms with E-state index in [1.54, 1.807) is 11.2 Å². The molecule has 32 heavy (non-hydrogen) atoms. The molecule has 2 atom stereocenters. The van der Waals surface area contributed by atoms with Gasteiger partial charge in [0, 0.05) is 6.54 Å². The summed E-state index contributed by atoms with van der Waals surface area (Å²) in [5.74, 6) is -1.17. The normalized spacial score (nSPS) is 20.5. The number of aromatic nitrogens is 3. The summed E-state index contributed by atoms with van der Waals surface area (Å²) >= 11 is 0. The number of benzene rings is 1. The first kappa shape index (κ1) is 20.1. The minimum atomic E-state index is -0.768. The Balaban J connectivity index is 1.37. The number of Topliss-reactive ketones (excluding diaryl/α,β-unsaturated/α-hetero) is 1. The fourth-order valence-electron chi connectivity index (χ4n) is 4.27. The molecule has 4 heterocycles. The van der Waals surface area contributed by atoms with Crippen LogP contribution in [0, 0.1) is 5.92 Å². The van der Waals surface area contributed by atoms with Gasteiger partial charge in [-0.05, 0) is 42.5 Å². The molecule has 2 aliphatic heterocycles. The van der Waals surface area contributed by atoms with Crippen LogP contribution in [-0.4, -0.2) is 50.5 Å². The molecule has 0 bridgehead atoms. The van der Waals surface area contributed by atoms with Crippen LogP contribution in [-0.2, 0) is 9.59 Å². The Kier molecular flexibility index (Phi) is 5.06. The second-order valence-corrected chi connectivity index (χ2v) is 8.21. The van der Waals surface area contributed by atoms with Crippen molar-refractivity contribution in [3.63, 3.8) is 0 Å². The van der Waals surface area contributed by atoms with Crippen LogP contribution in [0.4, 0.5) is 5.69 Å². The van der Waals surface area contributed by atoms with E-state index in [1.807, 2.05) is 18.2 Å². The monoisotopic (exact) mass is 434 g/mol. The van der Waals surface area contributed by atoms with Gasteiger partial charge in [0.05, 0.1) is 47.4 Å². The SMILES string of the molecule is CC1CCC(c2ccc3nc[nH]c3c2)N(C(=O)C(=O)Nc2cnc3c(c2)C(=O)CNO3)C1. The van der Waals surface area contributed by atoms with Crippen molar-refractivity contribution in [1.29, 1.82) is 0 Å². The minimum absolute atomic E-state index is 0.0129. The Bertz CT molecular complexity index is 1220. The predicted molar refractivity (Wildman–Crippen MR) is 115 cm³/mol. The Morgan fingerprint density at radius 3 is 2.97 bits per heavy atom. The molecule has 0 aliphatic carbocycles. The van der Waals surface area contributed by atoms with Crippen molar-refractivity contribution in [1.82, 2.24) is 25.3 Å². The molecular weight excluding hydrogens is 412 g/mol. The number of ketones is 1. The van der Waals surface area contributed by atoms with Gasteiger partial charge in [-0.15, -0.1) is 5.48 Å². The van der Waals surface area contributed by atoms with Gasteiger partial charge in [0.1, 0.15) is 0 Å². The quantitative estimate of drug-likeness (QED) is 0.526. The molecule has 10 heteroatoms. The number of carbonyl (C=O) groups is 3. The molecule has 2 aromatic heterocycles. The molecule has 3 N–H and O–H groups in total. The Morgan fingerprint density at radius 2 is 2.09 bits per heavy atom. The number of hydrogen-bond acceptors (Lipinski definition) is 7. The fraction of sp³-hybridized carbons (Fsp3) is 0.318. The number of carbonyl (C=O) groups excluding carboxylic acids is 3. The van der Waals surface area contributed by atoms with Crippen LogP contribution in [0.3, 0.4) is 0 Å². The standard InChI is InChI=1S/C22H22N6O4/c1-12-2-5-18(13-3-4-16-17(6-13)25-11-24-16)28(10-12)22(31)20(30)27-14-7-15-19(29)9-26-32-21(15)23-8-14/h3-4,6-8,11-12,18,26H,2,5,9-10H2,1H3,(H,24,25)(H,27,30). The molecule has 0 saturated carbocycles. The molecular formula is C22H22N6O4. The van der Waals surface area contributed by atoms with Crippen LogP contribution in [0.15, 0.2) is 36.8 Å². The van der Waals surface area contributed by atoms with Crippen molar-refractivity contribution in [2.24, 2.45) is 5.92 Å². The van der Waals surface area contributed by atoms with Crippen LogP contribution in [0.1, 0.15) is 41.7 Å². The van der Waals surface area contributed by atoms with Gasteiger partial charge in [0.25, 0.3) is 0 Å². The second kappa shape index (κ2) is 8.04. The van der Waals surface area contributed by atoms with E-state index in [2.05, 4.69) is 32.7 Å². The number of rotatable bonds is 2. The Labute approximate surface area is 183 Å². The zero-order valence-electron chi connectivity index (χ0n) is 17.4. The average molecular weight is 434 g/mol. The van der Waals surface area contributed by atoms with E-state index < -0.39 is 11.8 Å². The smallest absolute Gasteiger partial charge is 0.313 e. The van der Waals surface area contributed by atoms with E-state index in [0.717, 1.165) is 29.4 Å². The molecule has 1 saturated heterocycles. The van der Waals surface area contributed by atoms with E-state index in [1.165, 1.54) is 12.3 Å². The second-order valence-electron chi connectivity index (χ2n) is 8.21. The van der Waals surface area contributed by atoms with E-state index in [9.17, 15) is 14.4 Å². The number of amides is 2. The van der Waals surface area contributed by atoms with Crippen molar-refractivity contribution in [3.05, 3.63) is 47.9 Å². The summed E-state index contributed by atoms with van der Waals surface area (Å²) < 4.78 is 0. The topological polar surface area (TPSA) is 129 Å². The third-order valence-corrected chi connectivity index (χ3v) is 5.91. The number of pyridine rings is 1. The largest absolute Gasteiger partial charge is 0.387 e. The maximum Gasteiger partial charge on any atom is 0.313 e. The van der Waals surface area contributed by atoms with Crippen molar-refractivity contribution in [2.45, 2.75) is 25.8 Å². The van der Waals surface area contributed by atoms with Crippen molar-refractivity contribution < 1.29 is 19.2 Å². The Morgan fingerprint density at radius 1 is 1.22 bits per heavy atom. The number of piperidine rings is 1. The number of nitrogens with zero attached hydrogens (tertiary/aromatic N) is 3. The zero-order chi connectivity index (χ0) is 22.2. The lowest BCUT2D eigenvalue weighted by molar-refractivity contribution is -0.146. The highest BCUT2D eigenvalue weighted by Gasteiger charge is 2.34. The van der Waals surface area contributed by atoms with Crippen molar-refractivity contribution >= 4 is 34.3 Å². The average Bonchev–Trinajstić information content (AvgIpc) is 3.27. The van der Waals surface area contributed by atoms with Gasteiger partial charge in [-0.3, -0.25) is 14.4 Å². The third-order valence-electron chi connectivity index (χ3n) is 5.91. The van der Waals surface area contributed by atoms with Crippen LogP contribution in [0.25, 0.3) is 11.0 Å². The molecule has 2 unspecified atom stereocenters. The third kappa shape index (κ3) is 3.69. The van der Waals surface area contributed by atoms with Crippen LogP contribution in [0.5, 0.6) is 5.88 Å². The number of nitrogens with one attached hydrogen (secondary N) is 3. The molecule has 1 fully saturated rings. The van der Waals surface area contributed by atoms with Crippen LogP contribution < -0.4 is 15.6 Å². The minimum Gasteiger partial charge on any atom is -0.387 e. The van der Waals surface area contributed by atoms with Crippen molar-refractivity contribution in [2.75, 3.05) is 18.4 Å². The first-order chi connectivity index (χ1) is 15.5. The number of anilines is 1. The molecule has 0 spiro atoms. The summed E-state index contributed by atoms with van der Waals surface area (Å²) in [6, 6.07) is 7.11. The van der Waals surface area contributed by atoms with E-state index in [0.29, 0.717) is 6.54 Å².